The highest BCUT2D eigenvalue weighted by atomic mass is 32.2. The summed E-state index contributed by atoms with van der Waals surface area (Å²) >= 11 is 0. The molecule has 3 aliphatic heterocycles. The molecule has 2 fully saturated rings. The number of aromatic nitrogens is 1. The van der Waals surface area contributed by atoms with Crippen molar-refractivity contribution in [3.63, 3.8) is 0 Å². The van der Waals surface area contributed by atoms with E-state index in [-0.39, 0.29) is 10.7 Å². The van der Waals surface area contributed by atoms with Gasteiger partial charge in [0.05, 0.1) is 44.3 Å². The first-order chi connectivity index (χ1) is 22.7. The number of rotatable bonds is 9. The van der Waals surface area contributed by atoms with Crippen LogP contribution < -0.4 is 18.5 Å². The molecule has 1 atom stereocenters. The number of piperazine rings is 1. The molecule has 2 saturated heterocycles. The van der Waals surface area contributed by atoms with E-state index in [1.807, 2.05) is 6.92 Å². The Morgan fingerprint density at radius 1 is 0.936 bits per heavy atom. The smallest absolute Gasteiger partial charge is 0.288 e. The highest BCUT2D eigenvalue weighted by Crippen LogP contribution is 2.53. The van der Waals surface area contributed by atoms with Crippen LogP contribution in [0.2, 0.25) is 0 Å². The summed E-state index contributed by atoms with van der Waals surface area (Å²) < 4.78 is 46.7. The summed E-state index contributed by atoms with van der Waals surface area (Å²) in [6.45, 7) is 6.57. The lowest BCUT2D eigenvalue weighted by Crippen LogP contribution is -2.62. The van der Waals surface area contributed by atoms with Gasteiger partial charge in [-0.2, -0.15) is 18.0 Å². The molecule has 0 N–H and O–H groups in total. The summed E-state index contributed by atoms with van der Waals surface area (Å²) in [6.07, 6.45) is 3.44. The minimum absolute atomic E-state index is 0.162. The van der Waals surface area contributed by atoms with Crippen molar-refractivity contribution in [3.05, 3.63) is 71.4 Å². The Morgan fingerprint density at radius 2 is 1.64 bits per heavy atom. The molecule has 1 amide bonds. The number of methoxy groups -OCH3 is 2. The van der Waals surface area contributed by atoms with Crippen molar-refractivity contribution >= 4 is 21.6 Å². The first-order valence-electron chi connectivity index (χ1n) is 15.8. The van der Waals surface area contributed by atoms with Crippen LogP contribution in [-0.2, 0) is 20.4 Å². The maximum Gasteiger partial charge on any atom is 0.288 e. The van der Waals surface area contributed by atoms with Gasteiger partial charge in [0.15, 0.2) is 10.6 Å². The summed E-state index contributed by atoms with van der Waals surface area (Å²) in [5, 5.41) is 9.70. The second-order valence-electron chi connectivity index (χ2n) is 12.0. The number of nitrogens with zero attached hydrogens (tertiary/aromatic N) is 6. The van der Waals surface area contributed by atoms with Gasteiger partial charge in [0.2, 0.25) is 0 Å². The number of likely N-dealkylation sites (tertiary alicyclic amines) is 1. The zero-order valence-electron chi connectivity index (χ0n) is 27.2. The van der Waals surface area contributed by atoms with Gasteiger partial charge in [-0.25, -0.2) is 4.98 Å². The van der Waals surface area contributed by atoms with E-state index in [9.17, 15) is 13.7 Å². The number of carbonyl (C=O) groups is 1. The number of anilines is 1. The Hall–Kier alpha value is -4.22. The van der Waals surface area contributed by atoms with Crippen LogP contribution in [0.3, 0.4) is 0 Å². The molecule has 1 unspecified atom stereocenters. The van der Waals surface area contributed by atoms with Crippen molar-refractivity contribution in [2.75, 3.05) is 71.4 Å². The van der Waals surface area contributed by atoms with Gasteiger partial charge < -0.3 is 19.1 Å². The van der Waals surface area contributed by atoms with Crippen LogP contribution in [0.25, 0.3) is 0 Å². The molecular weight excluding hydrogens is 620 g/mol. The highest BCUT2D eigenvalue weighted by Gasteiger charge is 2.61. The van der Waals surface area contributed by atoms with Crippen molar-refractivity contribution in [1.82, 2.24) is 19.7 Å². The summed E-state index contributed by atoms with van der Waals surface area (Å²) in [7, 11) is 0.624. The first-order valence-corrected chi connectivity index (χ1v) is 17.3. The van der Waals surface area contributed by atoms with Crippen molar-refractivity contribution in [2.45, 2.75) is 36.4 Å². The molecular formula is C34H40N6O6S. The fourth-order valence-electron chi connectivity index (χ4n) is 7.14. The zero-order chi connectivity index (χ0) is 33.3. The van der Waals surface area contributed by atoms with Gasteiger partial charge in [-0.05, 0) is 88.4 Å². The van der Waals surface area contributed by atoms with E-state index in [4.69, 9.17) is 14.2 Å². The zero-order valence-corrected chi connectivity index (χ0v) is 28.0. The van der Waals surface area contributed by atoms with Gasteiger partial charge in [0.25, 0.3) is 15.9 Å². The Bertz CT molecular complexity index is 1780. The lowest BCUT2D eigenvalue weighted by Gasteiger charge is -2.48. The third kappa shape index (κ3) is 5.59. The number of hydrogen-bond acceptors (Lipinski definition) is 11. The number of sulfonamides is 1. The van der Waals surface area contributed by atoms with Crippen molar-refractivity contribution < 1.29 is 27.4 Å². The molecule has 13 heteroatoms. The minimum atomic E-state index is -4.52. The third-order valence-electron chi connectivity index (χ3n) is 9.55. The summed E-state index contributed by atoms with van der Waals surface area (Å²) in [4.78, 5) is 26.4. The van der Waals surface area contributed by atoms with Crippen LogP contribution in [0, 0.1) is 11.3 Å². The number of piperidine rings is 1. The topological polar surface area (TPSA) is 129 Å². The summed E-state index contributed by atoms with van der Waals surface area (Å²) in [5.74, 6) is 0.596. The van der Waals surface area contributed by atoms with E-state index in [0.717, 1.165) is 30.2 Å². The molecule has 0 aliphatic carbocycles. The van der Waals surface area contributed by atoms with E-state index in [2.05, 4.69) is 32.8 Å². The van der Waals surface area contributed by atoms with E-state index in [1.165, 1.54) is 44.7 Å². The normalized spacial score (nSPS) is 21.3. The molecule has 0 saturated carbocycles. The van der Waals surface area contributed by atoms with Crippen molar-refractivity contribution in [3.8, 4) is 23.3 Å². The standard InChI is InChI=1S/C34H40N6O6S/c1-5-46-31-10-7-26(44-3)21-29(31)34(39-18-16-38(17-19-39)25-12-14-37(2)15-13-25)28-20-24(22-35)6-9-30(28)40(33(34)41)47(42,43)32-11-8-27(45-4)23-36-32/h6-11,20-21,23,25H,5,12-19H2,1-4H3. The number of carbonyl (C=O) groups excluding carboxylic acids is 1. The van der Waals surface area contributed by atoms with Gasteiger partial charge in [0.1, 0.15) is 17.2 Å². The molecule has 12 nitrogen and oxygen atoms in total. The average Bonchev–Trinajstić information content (AvgIpc) is 3.37. The van der Waals surface area contributed by atoms with Crippen LogP contribution in [0.5, 0.6) is 17.2 Å². The number of nitriles is 1. The van der Waals surface area contributed by atoms with Crippen molar-refractivity contribution in [2.24, 2.45) is 0 Å². The molecule has 3 aliphatic rings. The molecule has 6 rings (SSSR count). The molecule has 0 bridgehead atoms. The van der Waals surface area contributed by atoms with Gasteiger partial charge in [0, 0.05) is 43.3 Å². The van der Waals surface area contributed by atoms with Gasteiger partial charge >= 0.3 is 0 Å². The van der Waals surface area contributed by atoms with Crippen LogP contribution in [0.4, 0.5) is 5.69 Å². The highest BCUT2D eigenvalue weighted by molar-refractivity contribution is 7.93. The number of hydrogen-bond donors (Lipinski definition) is 0. The quantitative estimate of drug-likeness (QED) is 0.336. The molecule has 0 radical (unpaired) electrons. The maximum atomic E-state index is 15.4. The number of benzene rings is 2. The van der Waals surface area contributed by atoms with Gasteiger partial charge in [-0.1, -0.05) is 0 Å². The maximum absolute atomic E-state index is 15.4. The number of amides is 1. The average molecular weight is 661 g/mol. The predicted molar refractivity (Wildman–Crippen MR) is 175 cm³/mol. The predicted octanol–water partition coefficient (Wildman–Crippen LogP) is 3.06. The molecule has 0 spiro atoms. The summed E-state index contributed by atoms with van der Waals surface area (Å²) in [6, 6.07) is 15.4. The number of ether oxygens (including phenoxy) is 3. The van der Waals surface area contributed by atoms with E-state index >= 15 is 4.79 Å². The molecule has 248 valence electrons. The van der Waals surface area contributed by atoms with Crippen molar-refractivity contribution in [1.29, 1.82) is 5.26 Å². The lowest BCUT2D eigenvalue weighted by atomic mass is 9.80. The molecule has 3 aromatic rings. The SMILES string of the molecule is CCOc1ccc(OC)cc1C1(N2CCN(C3CCN(C)CC3)CC2)C(=O)N(S(=O)(=O)c2ccc(OC)cn2)c2ccc(C#N)cc21. The Labute approximate surface area is 276 Å². The number of fused-ring (bicyclic) bond motifs is 1. The molecule has 1 aromatic heterocycles. The van der Waals surface area contributed by atoms with Crippen LogP contribution >= 0.6 is 0 Å². The second kappa shape index (κ2) is 13.1. The molecule has 4 heterocycles. The van der Waals surface area contributed by atoms with E-state index in [1.54, 1.807) is 24.3 Å². The lowest BCUT2D eigenvalue weighted by molar-refractivity contribution is -0.128. The third-order valence-corrected chi connectivity index (χ3v) is 11.2. The van der Waals surface area contributed by atoms with Gasteiger partial charge in [-0.3, -0.25) is 14.6 Å². The second-order valence-corrected chi connectivity index (χ2v) is 13.8. The summed E-state index contributed by atoms with van der Waals surface area (Å²) in [5.41, 5.74) is -0.350. The Morgan fingerprint density at radius 3 is 2.26 bits per heavy atom. The Balaban J connectivity index is 1.54. The van der Waals surface area contributed by atoms with E-state index < -0.39 is 21.5 Å². The van der Waals surface area contributed by atoms with Crippen LogP contribution in [0.1, 0.15) is 36.5 Å². The van der Waals surface area contributed by atoms with Crippen LogP contribution in [-0.4, -0.2) is 107 Å². The minimum Gasteiger partial charge on any atom is -0.497 e. The van der Waals surface area contributed by atoms with Crippen LogP contribution in [0.15, 0.2) is 59.8 Å². The Kier molecular flexibility index (Phi) is 9.13. The van der Waals surface area contributed by atoms with E-state index in [0.29, 0.717) is 72.8 Å². The fourth-order valence-corrected chi connectivity index (χ4v) is 8.52. The monoisotopic (exact) mass is 660 g/mol. The largest absolute Gasteiger partial charge is 0.497 e. The van der Waals surface area contributed by atoms with Gasteiger partial charge in [-0.15, -0.1) is 0 Å². The number of pyridine rings is 1. The first kappa shape index (κ1) is 32.7. The fraction of sp³-hybridized carbons (Fsp3) is 0.441. The molecule has 47 heavy (non-hydrogen) atoms. The molecule has 2 aromatic carbocycles.